The molecule has 0 atom stereocenters. The van der Waals surface area contributed by atoms with E-state index in [4.69, 9.17) is 11.6 Å². The van der Waals surface area contributed by atoms with Crippen LogP contribution in [-0.4, -0.2) is 18.6 Å². The van der Waals surface area contributed by atoms with Gasteiger partial charge >= 0.3 is 0 Å². The van der Waals surface area contributed by atoms with Gasteiger partial charge in [0.2, 0.25) is 0 Å². The van der Waals surface area contributed by atoms with Crippen LogP contribution in [0.15, 0.2) is 0 Å². The maximum Gasteiger partial charge on any atom is 0.270 e. The molecule has 0 fully saturated rings. The summed E-state index contributed by atoms with van der Waals surface area (Å²) >= 11 is 9.65. The summed E-state index contributed by atoms with van der Waals surface area (Å²) in [5.74, 6) is 0.538. The van der Waals surface area contributed by atoms with Gasteiger partial charge in [0, 0.05) is 5.88 Å². The van der Waals surface area contributed by atoms with Crippen molar-refractivity contribution in [3.05, 3.63) is 0 Å². The lowest BCUT2D eigenvalue weighted by Gasteiger charge is -1.84. The van der Waals surface area contributed by atoms with Crippen LogP contribution in [0.5, 0.6) is 0 Å². The fourth-order valence-corrected chi connectivity index (χ4v) is 0.340. The summed E-state index contributed by atoms with van der Waals surface area (Å²) in [4.78, 5) is 0. The quantitative estimate of drug-likeness (QED) is 0.398. The molecule has 0 aromatic rings. The van der Waals surface area contributed by atoms with Crippen LogP contribution in [0.25, 0.3) is 0 Å². The highest BCUT2D eigenvalue weighted by molar-refractivity contribution is 6.17. The van der Waals surface area contributed by atoms with E-state index in [0.717, 1.165) is 0 Å². The van der Waals surface area contributed by atoms with E-state index in [1.807, 2.05) is 0 Å². The molecule has 0 amide bonds. The lowest BCUT2D eigenvalue weighted by atomic mass is 10.9. The molecule has 0 N–H and O–H groups in total. The molecule has 0 rings (SSSR count). The van der Waals surface area contributed by atoms with Crippen molar-refractivity contribution in [3.8, 4) is 0 Å². The zero-order valence-electron chi connectivity index (χ0n) is 3.32. The molecule has 0 bridgehead atoms. The minimum absolute atomic E-state index is 0.354. The third-order valence-corrected chi connectivity index (χ3v) is 0.626. The van der Waals surface area contributed by atoms with E-state index in [0.29, 0.717) is 18.6 Å². The molecule has 3 heteroatoms. The molecule has 0 radical (unpaired) electrons. The van der Waals surface area contributed by atoms with Crippen LogP contribution in [0.4, 0.5) is 0 Å². The van der Waals surface area contributed by atoms with E-state index < -0.39 is 0 Å². The van der Waals surface area contributed by atoms with Gasteiger partial charge in [0.15, 0.2) is 0 Å². The minimum Gasteiger partial charge on any atom is -0.327 e. The molecular formula is C3H7Cl2O+. The Morgan fingerprint density at radius 2 is 2.33 bits per heavy atom. The van der Waals surface area contributed by atoms with Crippen molar-refractivity contribution < 1.29 is 16.3 Å². The van der Waals surface area contributed by atoms with E-state index in [9.17, 15) is 0 Å². The molecule has 0 spiro atoms. The maximum atomic E-state index is 5.21. The van der Waals surface area contributed by atoms with Gasteiger partial charge < -0.3 is 4.74 Å². The number of ether oxygens (including phenoxy) is 1. The number of hydrogen-bond acceptors (Lipinski definition) is 1. The first-order valence-electron chi connectivity index (χ1n) is 1.63. The summed E-state index contributed by atoms with van der Waals surface area (Å²) < 4.78 is 4.67. The van der Waals surface area contributed by atoms with E-state index in [1.54, 1.807) is 0 Å². The van der Waals surface area contributed by atoms with Gasteiger partial charge in [-0.2, -0.15) is 0 Å². The van der Waals surface area contributed by atoms with Crippen LogP contribution in [0, 0.1) is 11.6 Å². The van der Waals surface area contributed by atoms with Crippen molar-refractivity contribution in [1.82, 2.24) is 0 Å². The molecular weight excluding hydrogens is 123 g/mol. The Morgan fingerprint density at radius 1 is 1.67 bits per heavy atom. The van der Waals surface area contributed by atoms with Crippen LogP contribution < -0.4 is 0 Å². The molecule has 38 valence electrons. The zero-order valence-corrected chi connectivity index (χ0v) is 4.89. The standard InChI is InChI=1S/C3H7Cl2O/c4-1-2-6-3-5/h5H,1-3H2/q+1. The molecule has 1 nitrogen and oxygen atoms in total. The molecule has 0 aliphatic rings. The van der Waals surface area contributed by atoms with Crippen molar-refractivity contribution in [3.63, 3.8) is 0 Å². The molecule has 6 heavy (non-hydrogen) atoms. The first-order chi connectivity index (χ1) is 2.91. The molecule has 0 aliphatic heterocycles. The highest BCUT2D eigenvalue weighted by Crippen LogP contribution is 1.74. The summed E-state index contributed by atoms with van der Waals surface area (Å²) in [6.45, 7) is 0.574. The van der Waals surface area contributed by atoms with Crippen LogP contribution in [0.2, 0.25) is 0 Å². The van der Waals surface area contributed by atoms with Gasteiger partial charge in [0.25, 0.3) is 6.07 Å². The van der Waals surface area contributed by atoms with Crippen LogP contribution >= 0.6 is 11.6 Å². The van der Waals surface area contributed by atoms with Gasteiger partial charge in [-0.05, 0) is 0 Å². The normalized spacial score (nSPS) is 9.00. The minimum atomic E-state index is 0.354. The average molecular weight is 130 g/mol. The second-order valence-electron chi connectivity index (χ2n) is 0.715. The average Bonchev–Trinajstić information content (AvgIpc) is 1.61. The van der Waals surface area contributed by atoms with Gasteiger partial charge in [-0.1, -0.05) is 0 Å². The van der Waals surface area contributed by atoms with Crippen LogP contribution in [0.1, 0.15) is 0 Å². The van der Waals surface area contributed by atoms with Crippen molar-refractivity contribution in [2.24, 2.45) is 0 Å². The van der Waals surface area contributed by atoms with Crippen molar-refractivity contribution in [1.29, 1.82) is 0 Å². The number of alkyl halides is 2. The van der Waals surface area contributed by atoms with Gasteiger partial charge in [0.1, 0.15) is 11.6 Å². The summed E-state index contributed by atoms with van der Waals surface area (Å²) in [5, 5.41) is 0. The van der Waals surface area contributed by atoms with E-state index in [-0.39, 0.29) is 0 Å². The Labute approximate surface area is 47.2 Å². The Balaban J connectivity index is 2.34. The lowest BCUT2D eigenvalue weighted by Crippen LogP contribution is -1.92. The predicted molar refractivity (Wildman–Crippen MR) is 22.9 cm³/mol. The van der Waals surface area contributed by atoms with Crippen molar-refractivity contribution in [2.75, 3.05) is 18.6 Å². The van der Waals surface area contributed by atoms with E-state index in [1.165, 1.54) is 0 Å². The van der Waals surface area contributed by atoms with E-state index in [2.05, 4.69) is 16.3 Å². The van der Waals surface area contributed by atoms with Crippen LogP contribution in [0.3, 0.4) is 0 Å². The Morgan fingerprint density at radius 3 is 2.50 bits per heavy atom. The molecule has 0 aliphatic carbocycles. The Hall–Kier alpha value is 0.540. The maximum absolute atomic E-state index is 5.21. The topological polar surface area (TPSA) is 9.23 Å². The van der Waals surface area contributed by atoms with Gasteiger partial charge in [-0.25, -0.2) is 0 Å². The molecule has 0 unspecified atom stereocenters. The number of rotatable bonds is 3. The highest BCUT2D eigenvalue weighted by atomic mass is 35.5. The number of halogens is 2. The fraction of sp³-hybridized carbons (Fsp3) is 1.00. The molecule has 0 heterocycles. The molecule has 0 saturated carbocycles. The summed E-state index contributed by atoms with van der Waals surface area (Å²) in [7, 11) is 0. The smallest absolute Gasteiger partial charge is 0.270 e. The number of hydrogen-bond donors (Lipinski definition) is 0. The van der Waals surface area contributed by atoms with Gasteiger partial charge in [-0.3, -0.25) is 0 Å². The molecule has 0 aromatic heterocycles. The first-order valence-corrected chi connectivity index (χ1v) is 2.75. The molecule has 0 aromatic carbocycles. The SMILES string of the molecule is ClCCOC[ClH+]. The highest BCUT2D eigenvalue weighted by Gasteiger charge is 1.81. The van der Waals surface area contributed by atoms with Crippen molar-refractivity contribution >= 4 is 11.6 Å². The molecule has 0 saturated heterocycles. The summed E-state index contributed by atoms with van der Waals surface area (Å²) in [5.41, 5.74) is 0. The Kier molecular flexibility index (Phi) is 6.04. The fourth-order valence-electron chi connectivity index (χ4n) is 0.113. The van der Waals surface area contributed by atoms with E-state index >= 15 is 0 Å². The predicted octanol–water partition coefficient (Wildman–Crippen LogP) is 0.481. The zero-order chi connectivity index (χ0) is 4.83. The lowest BCUT2D eigenvalue weighted by molar-refractivity contribution is -0.430. The summed E-state index contributed by atoms with van der Waals surface area (Å²) in [6.07, 6.45) is 0. The van der Waals surface area contributed by atoms with Gasteiger partial charge in [-0.15, -0.1) is 11.6 Å². The monoisotopic (exact) mass is 129 g/mol. The first kappa shape index (κ1) is 6.54. The van der Waals surface area contributed by atoms with Gasteiger partial charge in [0.05, 0.1) is 6.61 Å². The third-order valence-electron chi connectivity index (χ3n) is 0.305. The second-order valence-corrected chi connectivity index (χ2v) is 1.33. The summed E-state index contributed by atoms with van der Waals surface area (Å²) in [6, 6.07) is 0.354. The second kappa shape index (κ2) is 5.54. The third kappa shape index (κ3) is 4.54. The largest absolute Gasteiger partial charge is 0.327 e. The van der Waals surface area contributed by atoms with Crippen molar-refractivity contribution in [2.45, 2.75) is 0 Å². The van der Waals surface area contributed by atoms with Crippen LogP contribution in [-0.2, 0) is 4.74 Å². The Bertz CT molecular complexity index is 20.8.